The average Bonchev–Trinajstić information content (AvgIpc) is 2.59. The summed E-state index contributed by atoms with van der Waals surface area (Å²) in [6, 6.07) is 2.79. The Hall–Kier alpha value is -2.91. The molecule has 1 rings (SSSR count). The molecule has 0 saturated carbocycles. The highest BCUT2D eigenvalue weighted by Crippen LogP contribution is 2.30. The van der Waals surface area contributed by atoms with Crippen molar-refractivity contribution in [1.82, 2.24) is 10.6 Å². The van der Waals surface area contributed by atoms with Gasteiger partial charge in [0.05, 0.1) is 12.2 Å². The lowest BCUT2D eigenvalue weighted by Gasteiger charge is -2.12. The molecule has 0 aliphatic heterocycles. The minimum absolute atomic E-state index is 0.0304. The molecule has 0 spiro atoms. The topological polar surface area (TPSA) is 103 Å². The first-order chi connectivity index (χ1) is 12.7. The van der Waals surface area contributed by atoms with Crippen molar-refractivity contribution in [1.29, 1.82) is 0 Å². The molecule has 0 bridgehead atoms. The summed E-state index contributed by atoms with van der Waals surface area (Å²) in [5, 5.41) is 4.48. The van der Waals surface area contributed by atoms with Gasteiger partial charge in [-0.3, -0.25) is 10.1 Å². The van der Waals surface area contributed by atoms with Crippen LogP contribution in [-0.2, 0) is 9.53 Å². The standard InChI is InChI=1S/C17H22F2N2O6/c1-4-25-13-7-11(5-6-12(13)27-16(18)19)15(23)26-9-14(22)21-17(24)20-8-10(2)3/h5-7,10,16H,4,8-9H2,1-3H3,(H2,20,21,22,24). The lowest BCUT2D eigenvalue weighted by Crippen LogP contribution is -2.42. The molecule has 27 heavy (non-hydrogen) atoms. The summed E-state index contributed by atoms with van der Waals surface area (Å²) in [4.78, 5) is 35.0. The van der Waals surface area contributed by atoms with Gasteiger partial charge in [-0.15, -0.1) is 0 Å². The van der Waals surface area contributed by atoms with Gasteiger partial charge in [-0.1, -0.05) is 13.8 Å². The maximum Gasteiger partial charge on any atom is 0.387 e. The van der Waals surface area contributed by atoms with Gasteiger partial charge in [0.15, 0.2) is 18.1 Å². The first-order valence-electron chi connectivity index (χ1n) is 8.19. The largest absolute Gasteiger partial charge is 0.490 e. The summed E-state index contributed by atoms with van der Waals surface area (Å²) < 4.78 is 39.0. The molecular weight excluding hydrogens is 366 g/mol. The summed E-state index contributed by atoms with van der Waals surface area (Å²) in [6.45, 7) is 2.21. The van der Waals surface area contributed by atoms with E-state index in [1.807, 2.05) is 19.2 Å². The van der Waals surface area contributed by atoms with Crippen molar-refractivity contribution in [3.05, 3.63) is 23.8 Å². The molecule has 0 heterocycles. The van der Waals surface area contributed by atoms with Gasteiger partial charge in [0.1, 0.15) is 0 Å². The predicted molar refractivity (Wildman–Crippen MR) is 90.9 cm³/mol. The summed E-state index contributed by atoms with van der Waals surface area (Å²) in [6.07, 6.45) is 0. The molecule has 0 aliphatic rings. The maximum atomic E-state index is 12.4. The van der Waals surface area contributed by atoms with Gasteiger partial charge in [-0.25, -0.2) is 9.59 Å². The Morgan fingerprint density at radius 3 is 2.44 bits per heavy atom. The normalized spacial score (nSPS) is 10.5. The van der Waals surface area contributed by atoms with Crippen LogP contribution in [0.2, 0.25) is 0 Å². The van der Waals surface area contributed by atoms with E-state index >= 15 is 0 Å². The summed E-state index contributed by atoms with van der Waals surface area (Å²) in [5.74, 6) is -1.79. The maximum absolute atomic E-state index is 12.4. The zero-order valence-corrected chi connectivity index (χ0v) is 15.2. The SMILES string of the molecule is CCOc1cc(C(=O)OCC(=O)NC(=O)NCC(C)C)ccc1OC(F)F. The average molecular weight is 388 g/mol. The first kappa shape index (κ1) is 22.1. The number of hydrogen-bond donors (Lipinski definition) is 2. The molecule has 0 saturated heterocycles. The van der Waals surface area contributed by atoms with E-state index in [4.69, 9.17) is 9.47 Å². The number of esters is 1. The zero-order chi connectivity index (χ0) is 20.4. The van der Waals surface area contributed by atoms with E-state index in [1.54, 1.807) is 6.92 Å². The van der Waals surface area contributed by atoms with Crippen LogP contribution < -0.4 is 20.1 Å². The molecule has 0 radical (unpaired) electrons. The van der Waals surface area contributed by atoms with Crippen LogP contribution >= 0.6 is 0 Å². The molecule has 10 heteroatoms. The number of imide groups is 1. The summed E-state index contributed by atoms with van der Waals surface area (Å²) in [7, 11) is 0. The van der Waals surface area contributed by atoms with Crippen molar-refractivity contribution < 1.29 is 37.4 Å². The fraction of sp³-hybridized carbons (Fsp3) is 0.471. The van der Waals surface area contributed by atoms with Crippen molar-refractivity contribution in [3.8, 4) is 11.5 Å². The number of ether oxygens (including phenoxy) is 3. The molecule has 2 N–H and O–H groups in total. The molecule has 3 amide bonds. The van der Waals surface area contributed by atoms with Crippen molar-refractivity contribution in [3.63, 3.8) is 0 Å². The fourth-order valence-electron chi connectivity index (χ4n) is 1.81. The van der Waals surface area contributed by atoms with E-state index in [-0.39, 0.29) is 29.6 Å². The highest BCUT2D eigenvalue weighted by molar-refractivity contribution is 5.97. The van der Waals surface area contributed by atoms with Gasteiger partial charge in [-0.05, 0) is 31.0 Å². The van der Waals surface area contributed by atoms with Crippen LogP contribution in [0.3, 0.4) is 0 Å². The van der Waals surface area contributed by atoms with Crippen LogP contribution in [0.25, 0.3) is 0 Å². The Balaban J connectivity index is 2.62. The van der Waals surface area contributed by atoms with Crippen LogP contribution in [0.1, 0.15) is 31.1 Å². The molecule has 0 aliphatic carbocycles. The van der Waals surface area contributed by atoms with E-state index in [1.165, 1.54) is 6.07 Å². The third-order valence-corrected chi connectivity index (χ3v) is 2.95. The second kappa shape index (κ2) is 10.9. The van der Waals surface area contributed by atoms with Gasteiger partial charge >= 0.3 is 18.6 Å². The molecule has 8 nitrogen and oxygen atoms in total. The molecule has 1 aromatic carbocycles. The van der Waals surface area contributed by atoms with Crippen LogP contribution in [0, 0.1) is 5.92 Å². The minimum atomic E-state index is -3.05. The van der Waals surface area contributed by atoms with Gasteiger partial charge in [0.2, 0.25) is 0 Å². The Morgan fingerprint density at radius 1 is 1.15 bits per heavy atom. The third kappa shape index (κ3) is 8.34. The van der Waals surface area contributed by atoms with E-state index in [2.05, 4.69) is 10.1 Å². The van der Waals surface area contributed by atoms with Crippen LogP contribution in [0.15, 0.2) is 18.2 Å². The molecule has 1 aromatic rings. The molecule has 0 fully saturated rings. The van der Waals surface area contributed by atoms with Crippen LogP contribution in [0.4, 0.5) is 13.6 Å². The number of amides is 3. The summed E-state index contributed by atoms with van der Waals surface area (Å²) in [5.41, 5.74) is -0.0304. The number of hydrogen-bond acceptors (Lipinski definition) is 6. The Kier molecular flexibility index (Phi) is 8.97. The number of benzene rings is 1. The van der Waals surface area contributed by atoms with Gasteiger partial charge in [-0.2, -0.15) is 8.78 Å². The first-order valence-corrected chi connectivity index (χ1v) is 8.19. The molecule has 0 atom stereocenters. The quantitative estimate of drug-likeness (QED) is 0.630. The second-order valence-corrected chi connectivity index (χ2v) is 5.70. The molecular formula is C17H22F2N2O6. The Labute approximate surface area is 155 Å². The van der Waals surface area contributed by atoms with E-state index < -0.39 is 31.1 Å². The van der Waals surface area contributed by atoms with Crippen molar-refractivity contribution in [2.45, 2.75) is 27.4 Å². The number of carbonyl (C=O) groups excluding carboxylic acids is 3. The molecule has 0 unspecified atom stereocenters. The lowest BCUT2D eigenvalue weighted by molar-refractivity contribution is -0.123. The van der Waals surface area contributed by atoms with Crippen LogP contribution in [0.5, 0.6) is 11.5 Å². The number of urea groups is 1. The van der Waals surface area contributed by atoms with E-state index in [9.17, 15) is 23.2 Å². The number of nitrogens with one attached hydrogen (secondary N) is 2. The van der Waals surface area contributed by atoms with E-state index in [0.29, 0.717) is 6.54 Å². The third-order valence-electron chi connectivity index (χ3n) is 2.95. The number of alkyl halides is 2. The van der Waals surface area contributed by atoms with Gasteiger partial charge in [0, 0.05) is 6.54 Å². The van der Waals surface area contributed by atoms with Crippen LogP contribution in [-0.4, -0.2) is 44.3 Å². The van der Waals surface area contributed by atoms with E-state index in [0.717, 1.165) is 12.1 Å². The predicted octanol–water partition coefficient (Wildman–Crippen LogP) is 2.33. The van der Waals surface area contributed by atoms with Crippen molar-refractivity contribution in [2.75, 3.05) is 19.8 Å². The Morgan fingerprint density at radius 2 is 1.85 bits per heavy atom. The number of halogens is 2. The monoisotopic (exact) mass is 388 g/mol. The second-order valence-electron chi connectivity index (χ2n) is 5.70. The lowest BCUT2D eigenvalue weighted by atomic mass is 10.2. The van der Waals surface area contributed by atoms with Gasteiger partial charge < -0.3 is 19.5 Å². The van der Waals surface area contributed by atoms with Gasteiger partial charge in [0.25, 0.3) is 5.91 Å². The molecule has 150 valence electrons. The zero-order valence-electron chi connectivity index (χ0n) is 15.2. The molecule has 0 aromatic heterocycles. The number of rotatable bonds is 9. The Bertz CT molecular complexity index is 667. The number of carbonyl (C=O) groups is 3. The summed E-state index contributed by atoms with van der Waals surface area (Å²) >= 11 is 0. The minimum Gasteiger partial charge on any atom is -0.490 e. The smallest absolute Gasteiger partial charge is 0.387 e. The van der Waals surface area contributed by atoms with Crippen molar-refractivity contribution in [2.24, 2.45) is 5.92 Å². The van der Waals surface area contributed by atoms with Crippen molar-refractivity contribution >= 4 is 17.9 Å². The highest BCUT2D eigenvalue weighted by Gasteiger charge is 2.17. The fourth-order valence-corrected chi connectivity index (χ4v) is 1.81. The highest BCUT2D eigenvalue weighted by atomic mass is 19.3.